The number of nitrogens with one attached hydrogen (secondary N) is 2. The Labute approximate surface area is 261 Å². The first-order valence-corrected chi connectivity index (χ1v) is 15.5. The predicted octanol–water partition coefficient (Wildman–Crippen LogP) is 5.28. The zero-order chi connectivity index (χ0) is 31.3. The highest BCUT2D eigenvalue weighted by Gasteiger charge is 2.40. The van der Waals surface area contributed by atoms with E-state index in [1.54, 1.807) is 7.11 Å². The number of nitrogens with zero attached hydrogens (tertiary/aromatic N) is 1. The summed E-state index contributed by atoms with van der Waals surface area (Å²) >= 11 is 0. The molecule has 45 heavy (non-hydrogen) atoms. The van der Waals surface area contributed by atoms with E-state index in [1.165, 1.54) is 0 Å². The van der Waals surface area contributed by atoms with Gasteiger partial charge in [0.15, 0.2) is 17.4 Å². The summed E-state index contributed by atoms with van der Waals surface area (Å²) in [5.41, 5.74) is 3.94. The number of rotatable bonds is 13. The monoisotopic (exact) mass is 621 g/mol. The van der Waals surface area contributed by atoms with Gasteiger partial charge in [-0.3, -0.25) is 4.79 Å². The van der Waals surface area contributed by atoms with Crippen LogP contribution in [0.1, 0.15) is 36.8 Å². The van der Waals surface area contributed by atoms with Crippen LogP contribution in [0.4, 0.5) is 13.2 Å². The van der Waals surface area contributed by atoms with Crippen LogP contribution in [-0.2, 0) is 11.2 Å². The zero-order valence-corrected chi connectivity index (χ0v) is 25.3. The van der Waals surface area contributed by atoms with Gasteiger partial charge in [-0.05, 0) is 85.2 Å². The van der Waals surface area contributed by atoms with E-state index in [-0.39, 0.29) is 30.6 Å². The first kappa shape index (κ1) is 31.0. The highest BCUT2D eigenvalue weighted by atomic mass is 19.2. The molecule has 1 saturated heterocycles. The number of benzene rings is 3. The van der Waals surface area contributed by atoms with Crippen LogP contribution in [0, 0.1) is 17.5 Å². The Hall–Kier alpha value is -4.02. The zero-order valence-electron chi connectivity index (χ0n) is 25.3. The normalized spacial score (nSPS) is 19.3. The Morgan fingerprint density at radius 3 is 2.36 bits per heavy atom. The molecule has 10 heteroatoms. The molecular weight excluding hydrogens is 583 g/mol. The van der Waals surface area contributed by atoms with Crippen LogP contribution in [-0.4, -0.2) is 68.9 Å². The minimum Gasteiger partial charge on any atom is -0.497 e. The lowest BCUT2D eigenvalue weighted by atomic mass is 9.83. The maximum Gasteiger partial charge on any atom is 0.252 e. The third-order valence-corrected chi connectivity index (χ3v) is 8.60. The summed E-state index contributed by atoms with van der Waals surface area (Å²) in [5, 5.41) is 7.14. The number of hydrogen-bond donors (Lipinski definition) is 2. The van der Waals surface area contributed by atoms with Gasteiger partial charge in [0.1, 0.15) is 18.1 Å². The van der Waals surface area contributed by atoms with Gasteiger partial charge in [-0.25, -0.2) is 8.78 Å². The number of aryl methyl sites for hydroxylation is 1. The van der Waals surface area contributed by atoms with Gasteiger partial charge in [0.05, 0.1) is 26.3 Å². The molecule has 2 aliphatic heterocycles. The average Bonchev–Trinajstić information content (AvgIpc) is 3.90. The third-order valence-electron chi connectivity index (χ3n) is 8.60. The summed E-state index contributed by atoms with van der Waals surface area (Å²) < 4.78 is 57.6. The van der Waals surface area contributed by atoms with E-state index in [9.17, 15) is 18.0 Å². The van der Waals surface area contributed by atoms with Crippen molar-refractivity contribution in [3.63, 3.8) is 0 Å². The summed E-state index contributed by atoms with van der Waals surface area (Å²) in [7, 11) is 1.62. The van der Waals surface area contributed by atoms with Crippen LogP contribution in [0.25, 0.3) is 5.57 Å². The molecule has 0 aromatic heterocycles. The van der Waals surface area contributed by atoms with Crippen LogP contribution in [0.5, 0.6) is 17.2 Å². The minimum absolute atomic E-state index is 0.0457. The number of hydrogen-bond acceptors (Lipinski definition) is 6. The molecule has 3 aromatic carbocycles. The molecule has 238 valence electrons. The largest absolute Gasteiger partial charge is 0.497 e. The smallest absolute Gasteiger partial charge is 0.252 e. The molecular formula is C35H38F3N3O4. The van der Waals surface area contributed by atoms with E-state index in [0.29, 0.717) is 32.5 Å². The lowest BCUT2D eigenvalue weighted by Gasteiger charge is -2.40. The van der Waals surface area contributed by atoms with Crippen LogP contribution < -0.4 is 24.8 Å². The van der Waals surface area contributed by atoms with Crippen LogP contribution >= 0.6 is 0 Å². The van der Waals surface area contributed by atoms with Crippen molar-refractivity contribution >= 4 is 11.5 Å². The average molecular weight is 622 g/mol. The Balaban J connectivity index is 1.13. The molecule has 7 nitrogen and oxygen atoms in total. The van der Waals surface area contributed by atoms with Crippen molar-refractivity contribution in [2.24, 2.45) is 0 Å². The molecule has 0 radical (unpaired) electrons. The highest BCUT2D eigenvalue weighted by Crippen LogP contribution is 2.36. The molecule has 2 N–H and O–H groups in total. The molecule has 2 heterocycles. The van der Waals surface area contributed by atoms with Crippen molar-refractivity contribution in [3.05, 3.63) is 94.8 Å². The number of ether oxygens (including phenoxy) is 3. The maximum absolute atomic E-state index is 14.3. The van der Waals surface area contributed by atoms with Crippen molar-refractivity contribution in [1.82, 2.24) is 15.5 Å². The Kier molecular flexibility index (Phi) is 9.61. The summed E-state index contributed by atoms with van der Waals surface area (Å²) in [6, 6.07) is 17.5. The highest BCUT2D eigenvalue weighted by molar-refractivity contribution is 6.03. The van der Waals surface area contributed by atoms with Gasteiger partial charge in [-0.2, -0.15) is 4.39 Å². The number of halogens is 3. The Bertz CT molecular complexity index is 1530. The third kappa shape index (κ3) is 7.28. The SMILES string of the molecule is COc1ccc(OCCN(C(=O)C2=C(c3ccc(CCCOc4c(F)ccc(F)c4F)cc3)C[C@@H]3CNC[C@H]2N3)C2CC2)cc1. The molecule has 1 saturated carbocycles. The maximum atomic E-state index is 14.3. The van der Waals surface area contributed by atoms with E-state index in [2.05, 4.69) is 10.6 Å². The van der Waals surface area contributed by atoms with Gasteiger partial charge in [0, 0.05) is 30.7 Å². The van der Waals surface area contributed by atoms with E-state index < -0.39 is 23.2 Å². The van der Waals surface area contributed by atoms with Gasteiger partial charge in [0.25, 0.3) is 5.91 Å². The summed E-state index contributed by atoms with van der Waals surface area (Å²) in [6.45, 7) is 2.47. The Morgan fingerprint density at radius 1 is 0.889 bits per heavy atom. The summed E-state index contributed by atoms with van der Waals surface area (Å²) in [5.74, 6) is -2.52. The fourth-order valence-corrected chi connectivity index (χ4v) is 6.13. The van der Waals surface area contributed by atoms with Crippen molar-refractivity contribution in [1.29, 1.82) is 0 Å². The van der Waals surface area contributed by atoms with E-state index in [4.69, 9.17) is 14.2 Å². The number of methoxy groups -OCH3 is 1. The fourth-order valence-electron chi connectivity index (χ4n) is 6.13. The predicted molar refractivity (Wildman–Crippen MR) is 165 cm³/mol. The molecule has 6 rings (SSSR count). The molecule has 3 aromatic rings. The summed E-state index contributed by atoms with van der Waals surface area (Å²) in [4.78, 5) is 16.2. The molecule has 1 amide bonds. The number of piperazine rings is 1. The van der Waals surface area contributed by atoms with Gasteiger partial charge < -0.3 is 29.7 Å². The second kappa shape index (κ2) is 14.0. The van der Waals surface area contributed by atoms with Crippen molar-refractivity contribution in [2.75, 3.05) is 40.0 Å². The van der Waals surface area contributed by atoms with E-state index in [0.717, 1.165) is 71.7 Å². The van der Waals surface area contributed by atoms with Crippen molar-refractivity contribution < 1.29 is 32.2 Å². The van der Waals surface area contributed by atoms with Gasteiger partial charge >= 0.3 is 0 Å². The minimum atomic E-state index is -1.31. The van der Waals surface area contributed by atoms with Crippen molar-refractivity contribution in [3.8, 4) is 17.2 Å². The first-order chi connectivity index (χ1) is 21.9. The van der Waals surface area contributed by atoms with Crippen LogP contribution in [0.3, 0.4) is 0 Å². The number of carbonyl (C=O) groups is 1. The van der Waals surface area contributed by atoms with Gasteiger partial charge in [-0.1, -0.05) is 24.3 Å². The van der Waals surface area contributed by atoms with Crippen molar-refractivity contribution in [2.45, 2.75) is 50.2 Å². The van der Waals surface area contributed by atoms with Crippen LogP contribution in [0.15, 0.2) is 66.2 Å². The quantitative estimate of drug-likeness (QED) is 0.200. The number of fused-ring (bicyclic) bond motifs is 2. The van der Waals surface area contributed by atoms with E-state index in [1.807, 2.05) is 53.4 Å². The molecule has 2 atom stereocenters. The fraction of sp³-hybridized carbons (Fsp3) is 0.400. The second-order valence-electron chi connectivity index (χ2n) is 11.7. The van der Waals surface area contributed by atoms with Gasteiger partial charge in [0.2, 0.25) is 5.82 Å². The molecule has 2 fully saturated rings. The van der Waals surface area contributed by atoms with Gasteiger partial charge in [-0.15, -0.1) is 0 Å². The lowest BCUT2D eigenvalue weighted by Crippen LogP contribution is -2.60. The molecule has 2 bridgehead atoms. The number of amides is 1. The standard InChI is InChI=1S/C35H38F3N3O4/c1-43-26-10-12-27(13-11-26)44-18-16-41(25-8-9-25)35(42)32-28(19-24-20-39-21-31(32)40-24)23-6-4-22(5-7-23)3-2-17-45-34-30(37)15-14-29(36)33(34)38/h4-7,10-15,24-25,31,39-40H,2-3,8-9,16-21H2,1H3/t24-,31-/m1/s1. The molecule has 3 aliphatic rings. The first-order valence-electron chi connectivity index (χ1n) is 15.5. The molecule has 0 unspecified atom stereocenters. The number of carbonyl (C=O) groups excluding carboxylic acids is 1. The van der Waals surface area contributed by atoms with Crippen LogP contribution in [0.2, 0.25) is 0 Å². The lowest BCUT2D eigenvalue weighted by molar-refractivity contribution is -0.128. The summed E-state index contributed by atoms with van der Waals surface area (Å²) in [6.07, 6.45) is 3.84. The Morgan fingerprint density at radius 2 is 1.62 bits per heavy atom. The topological polar surface area (TPSA) is 72.1 Å². The molecule has 0 spiro atoms. The molecule has 1 aliphatic carbocycles. The van der Waals surface area contributed by atoms with E-state index >= 15 is 0 Å². The second-order valence-corrected chi connectivity index (χ2v) is 11.7.